The van der Waals surface area contributed by atoms with Crippen LogP contribution in [0.4, 0.5) is 0 Å². The van der Waals surface area contributed by atoms with Crippen LogP contribution < -0.4 is 0 Å². The monoisotopic (exact) mass is 284 g/mol. The summed E-state index contributed by atoms with van der Waals surface area (Å²) in [4.78, 5) is 0.411. The first-order chi connectivity index (χ1) is 5.68. The maximum atomic E-state index is 6.02. The first-order valence-electron chi connectivity index (χ1n) is 3.77. The zero-order chi connectivity index (χ0) is 8.72. The Labute approximate surface area is 94.0 Å². The molecule has 0 N–H and O–H groups in total. The summed E-state index contributed by atoms with van der Waals surface area (Å²) < 4.78 is 1.61. The van der Waals surface area contributed by atoms with Crippen LogP contribution in [-0.2, 0) is 0 Å². The van der Waals surface area contributed by atoms with Gasteiger partial charge in [-0.05, 0) is 30.4 Å². The Kier molecular flexibility index (Phi) is 2.71. The van der Waals surface area contributed by atoms with Crippen LogP contribution in [0.2, 0.25) is 8.67 Å². The molecule has 1 aliphatic rings. The molecule has 0 aliphatic heterocycles. The average molecular weight is 286 g/mol. The van der Waals surface area contributed by atoms with E-state index >= 15 is 0 Å². The van der Waals surface area contributed by atoms with Crippen LogP contribution in [0.15, 0.2) is 6.07 Å². The average Bonchev–Trinajstić information content (AvgIpc) is 2.77. The highest BCUT2D eigenvalue weighted by atomic mass is 79.9. The maximum Gasteiger partial charge on any atom is 0.0987 e. The van der Waals surface area contributed by atoms with Crippen LogP contribution in [0, 0.1) is 5.92 Å². The van der Waals surface area contributed by atoms with Gasteiger partial charge in [-0.25, -0.2) is 0 Å². The highest BCUT2D eigenvalue weighted by Gasteiger charge is 2.32. The summed E-state index contributed by atoms with van der Waals surface area (Å²) in [6, 6.07) is 1.96. The van der Waals surface area contributed by atoms with Crippen molar-refractivity contribution >= 4 is 50.5 Å². The van der Waals surface area contributed by atoms with E-state index in [4.69, 9.17) is 23.2 Å². The zero-order valence-electron chi connectivity index (χ0n) is 6.19. The van der Waals surface area contributed by atoms with Crippen LogP contribution >= 0.6 is 50.5 Å². The minimum atomic E-state index is 0.411. The summed E-state index contributed by atoms with van der Waals surface area (Å²) >= 11 is 16.9. The number of thiophene rings is 1. The van der Waals surface area contributed by atoms with E-state index in [9.17, 15) is 0 Å². The standard InChI is InChI=1S/C8H7BrCl2S/c9-7(4-1-2-4)5-3-6(10)12-8(5)11/h3-4,7H,1-2H2. The van der Waals surface area contributed by atoms with Gasteiger partial charge in [-0.15, -0.1) is 11.3 Å². The molecule has 66 valence electrons. The van der Waals surface area contributed by atoms with Crippen LogP contribution in [0.3, 0.4) is 0 Å². The van der Waals surface area contributed by atoms with Crippen molar-refractivity contribution < 1.29 is 0 Å². The minimum Gasteiger partial charge on any atom is -0.111 e. The quantitative estimate of drug-likeness (QED) is 0.678. The van der Waals surface area contributed by atoms with Crippen molar-refractivity contribution in [1.82, 2.24) is 0 Å². The molecule has 1 heterocycles. The highest BCUT2D eigenvalue weighted by Crippen LogP contribution is 2.50. The molecule has 1 atom stereocenters. The van der Waals surface area contributed by atoms with Crippen molar-refractivity contribution in [1.29, 1.82) is 0 Å². The van der Waals surface area contributed by atoms with Crippen molar-refractivity contribution in [3.8, 4) is 0 Å². The number of hydrogen-bond acceptors (Lipinski definition) is 1. The van der Waals surface area contributed by atoms with Gasteiger partial charge in [0, 0.05) is 4.83 Å². The summed E-state index contributed by atoms with van der Waals surface area (Å²) in [7, 11) is 0. The van der Waals surface area contributed by atoms with E-state index in [1.54, 1.807) is 0 Å². The molecular formula is C8H7BrCl2S. The van der Waals surface area contributed by atoms with Gasteiger partial charge in [0.15, 0.2) is 0 Å². The van der Waals surface area contributed by atoms with Crippen molar-refractivity contribution in [2.24, 2.45) is 5.92 Å². The van der Waals surface area contributed by atoms with E-state index in [1.165, 1.54) is 24.2 Å². The smallest absolute Gasteiger partial charge is 0.0987 e. The van der Waals surface area contributed by atoms with E-state index < -0.39 is 0 Å². The largest absolute Gasteiger partial charge is 0.111 e. The third-order valence-electron chi connectivity index (χ3n) is 2.02. The SMILES string of the molecule is Clc1cc(C(Br)C2CC2)c(Cl)s1. The van der Waals surface area contributed by atoms with Crippen LogP contribution in [0.5, 0.6) is 0 Å². The molecule has 1 aliphatic carbocycles. The Morgan fingerprint density at radius 2 is 2.17 bits per heavy atom. The summed E-state index contributed by atoms with van der Waals surface area (Å²) in [6.45, 7) is 0. The van der Waals surface area contributed by atoms with E-state index in [2.05, 4.69) is 15.9 Å². The molecule has 12 heavy (non-hydrogen) atoms. The van der Waals surface area contributed by atoms with Gasteiger partial charge in [0.25, 0.3) is 0 Å². The summed E-state index contributed by atoms with van der Waals surface area (Å²) in [5, 5.41) is 0. The van der Waals surface area contributed by atoms with Crippen molar-refractivity contribution in [2.45, 2.75) is 17.7 Å². The van der Waals surface area contributed by atoms with E-state index in [1.807, 2.05) is 6.07 Å². The van der Waals surface area contributed by atoms with Crippen LogP contribution in [-0.4, -0.2) is 0 Å². The molecule has 0 spiro atoms. The molecule has 1 saturated carbocycles. The van der Waals surface area contributed by atoms with Gasteiger partial charge in [0.1, 0.15) is 0 Å². The first-order valence-corrected chi connectivity index (χ1v) is 6.26. The topological polar surface area (TPSA) is 0 Å². The van der Waals surface area contributed by atoms with Crippen molar-refractivity contribution in [3.05, 3.63) is 20.3 Å². The predicted octanol–water partition coefficient (Wildman–Crippen LogP) is 4.90. The predicted molar refractivity (Wildman–Crippen MR) is 58.7 cm³/mol. The molecule has 2 rings (SSSR count). The Morgan fingerprint density at radius 1 is 1.50 bits per heavy atom. The summed E-state index contributed by atoms with van der Waals surface area (Å²) in [5.74, 6) is 0.771. The zero-order valence-corrected chi connectivity index (χ0v) is 10.1. The third kappa shape index (κ3) is 1.82. The van der Waals surface area contributed by atoms with Gasteiger partial charge >= 0.3 is 0 Å². The fourth-order valence-electron chi connectivity index (χ4n) is 1.18. The van der Waals surface area contributed by atoms with Gasteiger partial charge in [-0.2, -0.15) is 0 Å². The molecule has 4 heteroatoms. The lowest BCUT2D eigenvalue weighted by molar-refractivity contribution is 0.826. The van der Waals surface area contributed by atoms with Crippen molar-refractivity contribution in [3.63, 3.8) is 0 Å². The molecule has 1 aromatic heterocycles. The van der Waals surface area contributed by atoms with Crippen LogP contribution in [0.25, 0.3) is 0 Å². The second kappa shape index (κ2) is 3.49. The third-order valence-corrected chi connectivity index (χ3v) is 4.77. The molecule has 0 saturated heterocycles. The fraction of sp³-hybridized carbons (Fsp3) is 0.500. The van der Waals surface area contributed by atoms with Gasteiger partial charge in [0.05, 0.1) is 8.67 Å². The highest BCUT2D eigenvalue weighted by molar-refractivity contribution is 9.09. The lowest BCUT2D eigenvalue weighted by atomic mass is 10.2. The van der Waals surface area contributed by atoms with E-state index in [0.717, 1.165) is 20.2 Å². The van der Waals surface area contributed by atoms with Gasteiger partial charge in [0.2, 0.25) is 0 Å². The first kappa shape index (κ1) is 9.32. The number of rotatable bonds is 2. The second-order valence-electron chi connectivity index (χ2n) is 3.02. The molecule has 0 aromatic carbocycles. The maximum absolute atomic E-state index is 6.02. The van der Waals surface area contributed by atoms with E-state index in [0.29, 0.717) is 4.83 Å². The minimum absolute atomic E-state index is 0.411. The summed E-state index contributed by atoms with van der Waals surface area (Å²) in [6.07, 6.45) is 2.61. The Hall–Kier alpha value is 0.760. The normalized spacial score (nSPS) is 19.6. The molecular weight excluding hydrogens is 279 g/mol. The number of hydrogen-bond donors (Lipinski definition) is 0. The van der Waals surface area contributed by atoms with Crippen LogP contribution in [0.1, 0.15) is 23.2 Å². The Morgan fingerprint density at radius 3 is 2.58 bits per heavy atom. The van der Waals surface area contributed by atoms with Gasteiger partial charge in [-0.3, -0.25) is 0 Å². The number of alkyl halides is 1. The second-order valence-corrected chi connectivity index (χ2v) is 6.29. The van der Waals surface area contributed by atoms with Crippen molar-refractivity contribution in [2.75, 3.05) is 0 Å². The van der Waals surface area contributed by atoms with Gasteiger partial charge in [-0.1, -0.05) is 39.1 Å². The molecule has 0 amide bonds. The lowest BCUT2D eigenvalue weighted by Crippen LogP contribution is -1.88. The molecule has 1 fully saturated rings. The Balaban J connectivity index is 2.25. The Bertz CT molecular complexity index is 293. The molecule has 0 radical (unpaired) electrons. The van der Waals surface area contributed by atoms with E-state index in [-0.39, 0.29) is 0 Å². The molecule has 0 nitrogen and oxygen atoms in total. The fourth-order valence-corrected chi connectivity index (χ4v) is 3.91. The molecule has 1 aromatic rings. The lowest BCUT2D eigenvalue weighted by Gasteiger charge is -2.05. The molecule has 0 bridgehead atoms. The molecule has 1 unspecified atom stereocenters. The van der Waals surface area contributed by atoms with Gasteiger partial charge < -0.3 is 0 Å². The number of halogens is 3. The summed E-state index contributed by atoms with van der Waals surface area (Å²) in [5.41, 5.74) is 1.16.